The average Bonchev–Trinajstić information content (AvgIpc) is 3.24. The van der Waals surface area contributed by atoms with Gasteiger partial charge in [0.2, 0.25) is 11.8 Å². The largest absolute Gasteiger partial charge is 0.312 e. The van der Waals surface area contributed by atoms with E-state index in [0.717, 1.165) is 16.8 Å². The lowest BCUT2D eigenvalue weighted by atomic mass is 9.86. The Labute approximate surface area is 175 Å². The van der Waals surface area contributed by atoms with Gasteiger partial charge in [0.15, 0.2) is 0 Å². The van der Waals surface area contributed by atoms with Crippen molar-refractivity contribution in [2.24, 2.45) is 5.92 Å². The maximum Gasteiger partial charge on any atom is 0.232 e. The number of benzene rings is 2. The summed E-state index contributed by atoms with van der Waals surface area (Å²) in [6.45, 7) is 5.16. The Bertz CT molecular complexity index is 1040. The molecule has 0 saturated carbocycles. The van der Waals surface area contributed by atoms with Crippen LogP contribution in [0.1, 0.15) is 37.0 Å². The molecule has 6 heteroatoms. The van der Waals surface area contributed by atoms with Crippen LogP contribution in [0.25, 0.3) is 0 Å². The summed E-state index contributed by atoms with van der Waals surface area (Å²) in [5.41, 5.74) is 4.05. The number of alkyl halides is 1. The summed E-state index contributed by atoms with van der Waals surface area (Å²) in [6.07, 6.45) is 0.182. The minimum absolute atomic E-state index is 0.0252. The number of hydrogen-bond acceptors (Lipinski definition) is 3. The van der Waals surface area contributed by atoms with Crippen LogP contribution >= 0.6 is 11.6 Å². The van der Waals surface area contributed by atoms with Crippen LogP contribution in [0.15, 0.2) is 42.5 Å². The Morgan fingerprint density at radius 3 is 2.79 bits per heavy atom. The highest BCUT2D eigenvalue weighted by molar-refractivity contribution is 6.17. The van der Waals surface area contributed by atoms with E-state index in [1.54, 1.807) is 29.2 Å². The molecule has 29 heavy (non-hydrogen) atoms. The highest BCUT2D eigenvalue weighted by Crippen LogP contribution is 2.42. The summed E-state index contributed by atoms with van der Waals surface area (Å²) >= 11 is 5.99. The van der Waals surface area contributed by atoms with Crippen molar-refractivity contribution in [2.75, 3.05) is 22.9 Å². The molecule has 0 radical (unpaired) electrons. The molecule has 5 nitrogen and oxygen atoms in total. The monoisotopic (exact) mass is 407 g/mol. The van der Waals surface area contributed by atoms with Gasteiger partial charge in [0.25, 0.3) is 0 Å². The molecule has 1 saturated heterocycles. The number of carbonyl (C=O) groups is 2. The number of halogens is 1. The fourth-order valence-electron chi connectivity index (χ4n) is 4.29. The molecule has 2 amide bonds. The number of amides is 2. The van der Waals surface area contributed by atoms with Crippen molar-refractivity contribution in [3.63, 3.8) is 0 Å². The van der Waals surface area contributed by atoms with Gasteiger partial charge in [0, 0.05) is 42.2 Å². The van der Waals surface area contributed by atoms with Gasteiger partial charge in [0.05, 0.1) is 17.6 Å². The van der Waals surface area contributed by atoms with Gasteiger partial charge in [-0.3, -0.25) is 9.59 Å². The van der Waals surface area contributed by atoms with E-state index in [9.17, 15) is 9.59 Å². The van der Waals surface area contributed by atoms with Crippen molar-refractivity contribution < 1.29 is 9.59 Å². The second kappa shape index (κ2) is 7.20. The molecule has 0 aliphatic carbocycles. The highest BCUT2D eigenvalue weighted by atomic mass is 35.5. The summed E-state index contributed by atoms with van der Waals surface area (Å²) in [4.78, 5) is 29.4. The average molecular weight is 408 g/mol. The van der Waals surface area contributed by atoms with E-state index < -0.39 is 5.92 Å². The molecule has 2 aromatic rings. The molecular weight excluding hydrogens is 386 g/mol. The van der Waals surface area contributed by atoms with Crippen molar-refractivity contribution in [3.8, 4) is 6.07 Å². The number of anilines is 2. The predicted molar refractivity (Wildman–Crippen MR) is 113 cm³/mol. The molecule has 148 valence electrons. The predicted octanol–water partition coefficient (Wildman–Crippen LogP) is 3.97. The minimum Gasteiger partial charge on any atom is -0.312 e. The zero-order valence-electron chi connectivity index (χ0n) is 16.5. The lowest BCUT2D eigenvalue weighted by Crippen LogP contribution is -2.39. The fraction of sp³-hybridized carbons (Fsp3) is 0.348. The molecule has 2 heterocycles. The van der Waals surface area contributed by atoms with E-state index in [4.69, 9.17) is 16.9 Å². The third-order valence-corrected chi connectivity index (χ3v) is 6.12. The molecule has 0 N–H and O–H groups in total. The Morgan fingerprint density at radius 2 is 2.07 bits per heavy atom. The molecular formula is C23H22ClN3O2. The van der Waals surface area contributed by atoms with E-state index in [2.05, 4.69) is 26.0 Å². The second-order valence-electron chi connectivity index (χ2n) is 8.36. The lowest BCUT2D eigenvalue weighted by Gasteiger charge is -2.23. The summed E-state index contributed by atoms with van der Waals surface area (Å²) in [7, 11) is 0. The van der Waals surface area contributed by atoms with Gasteiger partial charge in [-0.25, -0.2) is 0 Å². The van der Waals surface area contributed by atoms with Crippen LogP contribution in [0, 0.1) is 17.2 Å². The van der Waals surface area contributed by atoms with Crippen molar-refractivity contribution >= 4 is 34.8 Å². The molecule has 1 atom stereocenters. The first kappa shape index (κ1) is 19.5. The smallest absolute Gasteiger partial charge is 0.232 e. The van der Waals surface area contributed by atoms with Gasteiger partial charge in [-0.1, -0.05) is 32.0 Å². The summed E-state index contributed by atoms with van der Waals surface area (Å²) in [5.74, 6) is -0.0782. The van der Waals surface area contributed by atoms with Crippen LogP contribution in [0.5, 0.6) is 0 Å². The summed E-state index contributed by atoms with van der Waals surface area (Å²) in [5, 5.41) is 9.11. The molecule has 1 fully saturated rings. The highest BCUT2D eigenvalue weighted by Gasteiger charge is 2.43. The van der Waals surface area contributed by atoms with E-state index in [0.29, 0.717) is 30.2 Å². The summed E-state index contributed by atoms with van der Waals surface area (Å²) in [6, 6.07) is 15.0. The molecule has 0 bridgehead atoms. The first-order valence-corrected chi connectivity index (χ1v) is 10.2. The second-order valence-corrected chi connectivity index (χ2v) is 8.63. The Hall–Kier alpha value is -2.84. The fourth-order valence-corrected chi connectivity index (χ4v) is 4.46. The Balaban J connectivity index is 1.59. The summed E-state index contributed by atoms with van der Waals surface area (Å²) < 4.78 is 0. The van der Waals surface area contributed by atoms with Gasteiger partial charge in [-0.15, -0.1) is 11.6 Å². The normalized spacial score (nSPS) is 19.9. The molecule has 2 aliphatic rings. The zero-order valence-corrected chi connectivity index (χ0v) is 17.2. The van der Waals surface area contributed by atoms with Gasteiger partial charge in [-0.05, 0) is 35.4 Å². The molecule has 2 aliphatic heterocycles. The number of fused-ring (bicyclic) bond motifs is 1. The molecule has 0 aromatic heterocycles. The van der Waals surface area contributed by atoms with Crippen molar-refractivity contribution in [3.05, 3.63) is 59.2 Å². The quantitative estimate of drug-likeness (QED) is 0.723. The third kappa shape index (κ3) is 3.38. The number of rotatable bonds is 3. The van der Waals surface area contributed by atoms with Crippen molar-refractivity contribution in [2.45, 2.75) is 31.6 Å². The minimum atomic E-state index is -0.400. The topological polar surface area (TPSA) is 64.4 Å². The van der Waals surface area contributed by atoms with Gasteiger partial charge >= 0.3 is 0 Å². The number of carbonyl (C=O) groups excluding carboxylic acids is 2. The number of hydrogen-bond donors (Lipinski definition) is 0. The van der Waals surface area contributed by atoms with E-state index >= 15 is 0 Å². The zero-order chi connectivity index (χ0) is 20.8. The van der Waals surface area contributed by atoms with Crippen LogP contribution < -0.4 is 9.80 Å². The molecule has 2 aromatic carbocycles. The molecule has 4 rings (SSSR count). The van der Waals surface area contributed by atoms with Gasteiger partial charge in [0.1, 0.15) is 0 Å². The van der Waals surface area contributed by atoms with E-state index in [-0.39, 0.29) is 23.7 Å². The molecule has 0 spiro atoms. The van der Waals surface area contributed by atoms with Crippen molar-refractivity contribution in [1.29, 1.82) is 5.26 Å². The first-order chi connectivity index (χ1) is 13.8. The van der Waals surface area contributed by atoms with Gasteiger partial charge < -0.3 is 9.80 Å². The van der Waals surface area contributed by atoms with Crippen LogP contribution in [-0.2, 0) is 20.9 Å². The number of nitriles is 1. The Kier molecular flexibility index (Phi) is 4.84. The maximum absolute atomic E-state index is 13.4. The SMILES string of the molecule is CC1(C)CN(C(=O)C2CC(=O)N(c3cccc(C#N)c3)C2)c2ccc(CCl)cc21. The van der Waals surface area contributed by atoms with Crippen molar-refractivity contribution in [1.82, 2.24) is 0 Å². The van der Waals surface area contributed by atoms with E-state index in [1.807, 2.05) is 17.0 Å². The van der Waals surface area contributed by atoms with Gasteiger partial charge in [-0.2, -0.15) is 5.26 Å². The van der Waals surface area contributed by atoms with Crippen LogP contribution in [0.3, 0.4) is 0 Å². The third-order valence-electron chi connectivity index (χ3n) is 5.82. The molecule has 1 unspecified atom stereocenters. The lowest BCUT2D eigenvalue weighted by molar-refractivity contribution is -0.124. The van der Waals surface area contributed by atoms with Crippen LogP contribution in [0.4, 0.5) is 11.4 Å². The standard InChI is InChI=1S/C23H22ClN3O2/c1-23(2)14-27(20-7-6-15(11-24)9-19(20)23)22(29)17-10-21(28)26(13-17)18-5-3-4-16(8-18)12-25/h3-9,17H,10-11,13-14H2,1-2H3. The first-order valence-electron chi connectivity index (χ1n) is 9.65. The van der Waals surface area contributed by atoms with Crippen LogP contribution in [0.2, 0.25) is 0 Å². The van der Waals surface area contributed by atoms with Crippen LogP contribution in [-0.4, -0.2) is 24.9 Å². The van der Waals surface area contributed by atoms with E-state index in [1.165, 1.54) is 0 Å². The maximum atomic E-state index is 13.4. The Morgan fingerprint density at radius 1 is 1.28 bits per heavy atom. The number of nitrogens with zero attached hydrogens (tertiary/aromatic N) is 3.